The maximum Gasteiger partial charge on any atom is 0.322 e. The molecule has 3 aromatic rings. The number of aromatic nitrogens is 1. The molecule has 0 aliphatic heterocycles. The summed E-state index contributed by atoms with van der Waals surface area (Å²) in [7, 11) is 1.59. The van der Waals surface area contributed by atoms with Gasteiger partial charge in [-0.2, -0.15) is 0 Å². The van der Waals surface area contributed by atoms with Crippen molar-refractivity contribution in [3.63, 3.8) is 0 Å². The van der Waals surface area contributed by atoms with Gasteiger partial charge in [-0.3, -0.25) is 4.79 Å². The van der Waals surface area contributed by atoms with Crippen molar-refractivity contribution in [1.82, 2.24) is 15.2 Å². The van der Waals surface area contributed by atoms with Crippen LogP contribution in [-0.2, 0) is 17.7 Å². The Hall–Kier alpha value is -2.65. The number of benzene rings is 2. The Morgan fingerprint density at radius 3 is 2.56 bits per heavy atom. The number of carbonyl (C=O) groups excluding carboxylic acids is 2. The monoisotopic (exact) mass is 548 g/mol. The summed E-state index contributed by atoms with van der Waals surface area (Å²) >= 11 is 13.5. The third-order valence-corrected chi connectivity index (χ3v) is 6.91. The Bertz CT molecular complexity index is 1170. The Morgan fingerprint density at radius 2 is 1.89 bits per heavy atom. The summed E-state index contributed by atoms with van der Waals surface area (Å²) < 4.78 is 5.17. The van der Waals surface area contributed by atoms with Crippen LogP contribution in [0.3, 0.4) is 0 Å². The number of thiazole rings is 1. The van der Waals surface area contributed by atoms with E-state index in [1.54, 1.807) is 29.5 Å². The van der Waals surface area contributed by atoms with E-state index >= 15 is 0 Å². The number of halogens is 2. The highest BCUT2D eigenvalue weighted by atomic mass is 35.5. The first-order valence-electron chi connectivity index (χ1n) is 11.6. The minimum atomic E-state index is -0.277. The highest BCUT2D eigenvalue weighted by Crippen LogP contribution is 2.21. The summed E-state index contributed by atoms with van der Waals surface area (Å²) in [6.07, 6.45) is 0.571. The standard InChI is InChI=1S/C26H30Cl2N4O3S/c1-17(2)18-5-8-21(9-6-18)30-26(34)32(12-13-35-3)15-24-31-23(16-36-24)25(33)29-11-10-19-4-7-20(27)14-22(19)28/h4-9,14,16-17H,10-13,15H2,1-3H3,(H,29,33)(H,30,34). The van der Waals surface area contributed by atoms with Gasteiger partial charge in [0.25, 0.3) is 5.91 Å². The molecule has 1 heterocycles. The Balaban J connectivity index is 1.57. The van der Waals surface area contributed by atoms with Crippen LogP contribution in [0.5, 0.6) is 0 Å². The van der Waals surface area contributed by atoms with Gasteiger partial charge < -0.3 is 20.3 Å². The molecule has 2 N–H and O–H groups in total. The second-order valence-electron chi connectivity index (χ2n) is 8.49. The number of amides is 3. The molecule has 0 spiro atoms. The number of carbonyl (C=O) groups is 2. The topological polar surface area (TPSA) is 83.6 Å². The van der Waals surface area contributed by atoms with Gasteiger partial charge in [0.1, 0.15) is 10.7 Å². The van der Waals surface area contributed by atoms with E-state index in [2.05, 4.69) is 29.5 Å². The minimum Gasteiger partial charge on any atom is -0.383 e. The van der Waals surface area contributed by atoms with Crippen molar-refractivity contribution in [1.29, 1.82) is 0 Å². The van der Waals surface area contributed by atoms with E-state index in [9.17, 15) is 9.59 Å². The zero-order valence-corrected chi connectivity index (χ0v) is 22.8. The predicted octanol–water partition coefficient (Wildman–Crippen LogP) is 6.23. The third-order valence-electron chi connectivity index (χ3n) is 5.49. The molecule has 0 saturated heterocycles. The molecule has 0 unspecified atom stereocenters. The Kier molecular flexibility index (Phi) is 10.6. The van der Waals surface area contributed by atoms with Crippen molar-refractivity contribution in [2.75, 3.05) is 32.1 Å². The molecule has 0 saturated carbocycles. The molecular formula is C26H30Cl2N4O3S. The van der Waals surface area contributed by atoms with Crippen LogP contribution in [-0.4, -0.2) is 48.6 Å². The minimum absolute atomic E-state index is 0.259. The largest absolute Gasteiger partial charge is 0.383 e. The van der Waals surface area contributed by atoms with Crippen molar-refractivity contribution in [2.24, 2.45) is 0 Å². The molecule has 10 heteroatoms. The first-order chi connectivity index (χ1) is 17.3. The second kappa shape index (κ2) is 13.6. The number of ether oxygens (including phenoxy) is 1. The fraction of sp³-hybridized carbons (Fsp3) is 0.346. The number of rotatable bonds is 11. The van der Waals surface area contributed by atoms with Gasteiger partial charge in [0.2, 0.25) is 0 Å². The number of hydrogen-bond donors (Lipinski definition) is 2. The zero-order valence-electron chi connectivity index (χ0n) is 20.5. The molecule has 0 bridgehead atoms. The molecular weight excluding hydrogens is 519 g/mol. The van der Waals surface area contributed by atoms with E-state index < -0.39 is 0 Å². The molecule has 0 aliphatic carbocycles. The highest BCUT2D eigenvalue weighted by molar-refractivity contribution is 7.09. The molecule has 7 nitrogen and oxygen atoms in total. The van der Waals surface area contributed by atoms with Crippen LogP contribution >= 0.6 is 34.5 Å². The van der Waals surface area contributed by atoms with E-state index in [0.29, 0.717) is 58.5 Å². The molecule has 3 amide bonds. The van der Waals surface area contributed by atoms with Crippen molar-refractivity contribution in [3.05, 3.63) is 79.7 Å². The first kappa shape index (κ1) is 27.9. The average molecular weight is 550 g/mol. The zero-order chi connectivity index (χ0) is 26.1. The molecule has 192 valence electrons. The van der Waals surface area contributed by atoms with Crippen molar-refractivity contribution < 1.29 is 14.3 Å². The molecule has 2 aromatic carbocycles. The molecule has 1 aromatic heterocycles. The summed E-state index contributed by atoms with van der Waals surface area (Å²) in [5, 5.41) is 9.27. The van der Waals surface area contributed by atoms with Gasteiger partial charge >= 0.3 is 6.03 Å². The van der Waals surface area contributed by atoms with E-state index in [1.807, 2.05) is 30.3 Å². The van der Waals surface area contributed by atoms with Gasteiger partial charge in [0.05, 0.1) is 13.2 Å². The predicted molar refractivity (Wildman–Crippen MR) is 146 cm³/mol. The first-order valence-corrected chi connectivity index (χ1v) is 13.2. The van der Waals surface area contributed by atoms with Crippen molar-refractivity contribution in [3.8, 4) is 0 Å². The fourth-order valence-electron chi connectivity index (χ4n) is 3.38. The van der Waals surface area contributed by atoms with Crippen LogP contribution in [0.2, 0.25) is 10.0 Å². The molecule has 0 radical (unpaired) electrons. The number of methoxy groups -OCH3 is 1. The molecule has 0 atom stereocenters. The highest BCUT2D eigenvalue weighted by Gasteiger charge is 2.18. The lowest BCUT2D eigenvalue weighted by Gasteiger charge is -2.22. The summed E-state index contributed by atoms with van der Waals surface area (Å²) in [6, 6.07) is 12.8. The average Bonchev–Trinajstić information content (AvgIpc) is 3.32. The molecule has 0 fully saturated rings. The smallest absolute Gasteiger partial charge is 0.322 e. The van der Waals surface area contributed by atoms with Crippen LogP contribution < -0.4 is 10.6 Å². The van der Waals surface area contributed by atoms with E-state index in [1.165, 1.54) is 16.9 Å². The van der Waals surface area contributed by atoms with E-state index in [-0.39, 0.29) is 18.5 Å². The summed E-state index contributed by atoms with van der Waals surface area (Å²) in [5.74, 6) is 0.139. The summed E-state index contributed by atoms with van der Waals surface area (Å²) in [5.41, 5.74) is 3.13. The Labute approximate surface area is 225 Å². The van der Waals surface area contributed by atoms with Gasteiger partial charge in [-0.1, -0.05) is 55.2 Å². The number of nitrogens with zero attached hydrogens (tertiary/aromatic N) is 2. The normalized spacial score (nSPS) is 10.9. The number of hydrogen-bond acceptors (Lipinski definition) is 5. The van der Waals surface area contributed by atoms with Crippen LogP contribution in [0.1, 0.15) is 46.4 Å². The van der Waals surface area contributed by atoms with Crippen molar-refractivity contribution in [2.45, 2.75) is 32.7 Å². The second-order valence-corrected chi connectivity index (χ2v) is 10.3. The van der Waals surface area contributed by atoms with Crippen LogP contribution in [0.25, 0.3) is 0 Å². The Morgan fingerprint density at radius 1 is 1.14 bits per heavy atom. The van der Waals surface area contributed by atoms with E-state index in [0.717, 1.165) is 5.56 Å². The molecule has 0 aliphatic rings. The van der Waals surface area contributed by atoms with Gasteiger partial charge in [0.15, 0.2) is 0 Å². The van der Waals surface area contributed by atoms with Gasteiger partial charge in [-0.25, -0.2) is 9.78 Å². The molecule has 36 heavy (non-hydrogen) atoms. The van der Waals surface area contributed by atoms with Crippen LogP contribution in [0.4, 0.5) is 10.5 Å². The number of nitrogens with one attached hydrogen (secondary N) is 2. The lowest BCUT2D eigenvalue weighted by atomic mass is 10.0. The maximum atomic E-state index is 12.9. The lowest BCUT2D eigenvalue weighted by Crippen LogP contribution is -2.36. The quantitative estimate of drug-likeness (QED) is 0.297. The van der Waals surface area contributed by atoms with Gasteiger partial charge in [-0.15, -0.1) is 11.3 Å². The molecule has 3 rings (SSSR count). The lowest BCUT2D eigenvalue weighted by molar-refractivity contribution is 0.0949. The summed E-state index contributed by atoms with van der Waals surface area (Å²) in [4.78, 5) is 31.6. The van der Waals surface area contributed by atoms with Crippen LogP contribution in [0, 0.1) is 0 Å². The number of urea groups is 1. The van der Waals surface area contributed by atoms with Gasteiger partial charge in [0, 0.05) is 41.3 Å². The third kappa shape index (κ3) is 8.20. The summed E-state index contributed by atoms with van der Waals surface area (Å²) in [6.45, 7) is 5.68. The SMILES string of the molecule is COCCN(Cc1nc(C(=O)NCCc2ccc(Cl)cc2Cl)cs1)C(=O)Nc1ccc(C(C)C)cc1. The van der Waals surface area contributed by atoms with Crippen molar-refractivity contribution >= 4 is 52.2 Å². The maximum absolute atomic E-state index is 12.9. The van der Waals surface area contributed by atoms with Gasteiger partial charge in [-0.05, 0) is 47.7 Å². The fourth-order valence-corrected chi connectivity index (χ4v) is 4.68. The number of anilines is 1. The van der Waals surface area contributed by atoms with E-state index in [4.69, 9.17) is 27.9 Å². The van der Waals surface area contributed by atoms with Crippen LogP contribution in [0.15, 0.2) is 47.8 Å².